The number of methoxy groups -OCH3 is 1. The highest BCUT2D eigenvalue weighted by molar-refractivity contribution is 5.78. The summed E-state index contributed by atoms with van der Waals surface area (Å²) in [6.07, 6.45) is 2.07. The van der Waals surface area contributed by atoms with Crippen molar-refractivity contribution in [2.45, 2.75) is 26.2 Å². The van der Waals surface area contributed by atoms with E-state index in [0.29, 0.717) is 45.8 Å². The van der Waals surface area contributed by atoms with Crippen LogP contribution in [-0.2, 0) is 25.5 Å². The van der Waals surface area contributed by atoms with Crippen LogP contribution in [0.4, 0.5) is 0 Å². The van der Waals surface area contributed by atoms with E-state index in [0.717, 1.165) is 12.8 Å². The van der Waals surface area contributed by atoms with E-state index in [1.807, 2.05) is 4.90 Å². The van der Waals surface area contributed by atoms with Crippen LogP contribution >= 0.6 is 0 Å². The molecule has 0 unspecified atom stereocenters. The molecule has 1 aliphatic rings. The number of hydrogen-bond donors (Lipinski definition) is 0. The average Bonchev–Trinajstić information content (AvgIpc) is 2.91. The van der Waals surface area contributed by atoms with Gasteiger partial charge in [0.2, 0.25) is 11.8 Å². The van der Waals surface area contributed by atoms with Gasteiger partial charge >= 0.3 is 0 Å². The molecule has 1 aliphatic heterocycles. The van der Waals surface area contributed by atoms with Crippen molar-refractivity contribution < 1.29 is 19.1 Å². The van der Waals surface area contributed by atoms with Gasteiger partial charge in [-0.3, -0.25) is 9.59 Å². The largest absolute Gasteiger partial charge is 0.382 e. The number of carbonyl (C=O) groups is 2. The standard InChI is InChI=1S/C20H30N2O4/c1-17-4-6-18(7-5-17)8-9-19(23)21-10-3-11-22(13-12-21)20(24)16-26-15-14-25-2/h4-7H,3,8-16H2,1-2H3. The number of hydrogen-bond acceptors (Lipinski definition) is 4. The van der Waals surface area contributed by atoms with Gasteiger partial charge in [-0.05, 0) is 25.3 Å². The summed E-state index contributed by atoms with van der Waals surface area (Å²) in [5.41, 5.74) is 2.41. The first-order chi connectivity index (χ1) is 12.6. The van der Waals surface area contributed by atoms with E-state index in [1.54, 1.807) is 12.0 Å². The highest BCUT2D eigenvalue weighted by Gasteiger charge is 2.21. The van der Waals surface area contributed by atoms with Gasteiger partial charge < -0.3 is 19.3 Å². The second-order valence-corrected chi connectivity index (χ2v) is 6.65. The van der Waals surface area contributed by atoms with E-state index in [9.17, 15) is 9.59 Å². The van der Waals surface area contributed by atoms with Crippen LogP contribution in [-0.4, -0.2) is 74.7 Å². The molecule has 144 valence electrons. The minimum absolute atomic E-state index is 0.0185. The van der Waals surface area contributed by atoms with Crippen LogP contribution in [0.15, 0.2) is 24.3 Å². The fraction of sp³-hybridized carbons (Fsp3) is 0.600. The molecule has 0 saturated carbocycles. The van der Waals surface area contributed by atoms with Crippen molar-refractivity contribution in [2.24, 2.45) is 0 Å². The summed E-state index contributed by atoms with van der Waals surface area (Å²) in [6, 6.07) is 8.30. The lowest BCUT2D eigenvalue weighted by molar-refractivity contribution is -0.137. The van der Waals surface area contributed by atoms with Gasteiger partial charge in [0.1, 0.15) is 6.61 Å². The fourth-order valence-electron chi connectivity index (χ4n) is 2.97. The van der Waals surface area contributed by atoms with Gasteiger partial charge in [-0.2, -0.15) is 0 Å². The second kappa shape index (κ2) is 10.9. The van der Waals surface area contributed by atoms with Crippen molar-refractivity contribution in [3.05, 3.63) is 35.4 Å². The number of rotatable bonds is 8. The quantitative estimate of drug-likeness (QED) is 0.660. The Morgan fingerprint density at radius 3 is 2.27 bits per heavy atom. The van der Waals surface area contributed by atoms with E-state index in [-0.39, 0.29) is 18.4 Å². The van der Waals surface area contributed by atoms with Crippen LogP contribution in [0.25, 0.3) is 0 Å². The topological polar surface area (TPSA) is 59.1 Å². The first-order valence-electron chi connectivity index (χ1n) is 9.28. The highest BCUT2D eigenvalue weighted by atomic mass is 16.5. The Bertz CT molecular complexity index is 574. The van der Waals surface area contributed by atoms with Crippen molar-refractivity contribution in [3.63, 3.8) is 0 Å². The number of nitrogens with zero attached hydrogens (tertiary/aromatic N) is 2. The number of amides is 2. The van der Waals surface area contributed by atoms with Gasteiger partial charge in [-0.1, -0.05) is 29.8 Å². The van der Waals surface area contributed by atoms with Crippen LogP contribution in [0, 0.1) is 6.92 Å². The Kier molecular flexibility index (Phi) is 8.58. The predicted molar refractivity (Wildman–Crippen MR) is 100.0 cm³/mol. The first-order valence-corrected chi connectivity index (χ1v) is 9.28. The molecule has 26 heavy (non-hydrogen) atoms. The number of benzene rings is 1. The number of carbonyl (C=O) groups excluding carboxylic acids is 2. The third-order valence-electron chi connectivity index (χ3n) is 4.61. The van der Waals surface area contributed by atoms with E-state index in [4.69, 9.17) is 9.47 Å². The monoisotopic (exact) mass is 362 g/mol. The number of ether oxygens (including phenoxy) is 2. The molecule has 2 amide bonds. The Balaban J connectivity index is 1.73. The van der Waals surface area contributed by atoms with E-state index in [1.165, 1.54) is 11.1 Å². The smallest absolute Gasteiger partial charge is 0.248 e. The van der Waals surface area contributed by atoms with Crippen molar-refractivity contribution in [1.29, 1.82) is 0 Å². The van der Waals surface area contributed by atoms with Crippen LogP contribution < -0.4 is 0 Å². The molecular formula is C20H30N2O4. The molecule has 0 N–H and O–H groups in total. The van der Waals surface area contributed by atoms with Crippen LogP contribution in [0.3, 0.4) is 0 Å². The Hall–Kier alpha value is -1.92. The summed E-state index contributed by atoms with van der Waals surface area (Å²) in [7, 11) is 1.60. The molecule has 6 heteroatoms. The van der Waals surface area contributed by atoms with E-state index in [2.05, 4.69) is 31.2 Å². The van der Waals surface area contributed by atoms with Gasteiger partial charge in [0.25, 0.3) is 0 Å². The third kappa shape index (κ3) is 6.77. The van der Waals surface area contributed by atoms with Gasteiger partial charge in [0.05, 0.1) is 13.2 Å². The molecule has 1 fully saturated rings. The van der Waals surface area contributed by atoms with Crippen LogP contribution in [0.5, 0.6) is 0 Å². The van der Waals surface area contributed by atoms with Gasteiger partial charge in [-0.25, -0.2) is 0 Å². The maximum atomic E-state index is 12.5. The zero-order chi connectivity index (χ0) is 18.8. The molecule has 0 radical (unpaired) electrons. The first kappa shape index (κ1) is 20.4. The predicted octanol–water partition coefficient (Wildman–Crippen LogP) is 1.65. The van der Waals surface area contributed by atoms with E-state index >= 15 is 0 Å². The summed E-state index contributed by atoms with van der Waals surface area (Å²) >= 11 is 0. The molecule has 1 aromatic carbocycles. The molecule has 0 bridgehead atoms. The molecule has 1 aromatic rings. The molecule has 0 atom stereocenters. The van der Waals surface area contributed by atoms with Crippen molar-refractivity contribution >= 4 is 11.8 Å². The average molecular weight is 362 g/mol. The minimum Gasteiger partial charge on any atom is -0.382 e. The molecule has 0 aliphatic carbocycles. The fourth-order valence-corrected chi connectivity index (χ4v) is 2.97. The summed E-state index contributed by atoms with van der Waals surface area (Å²) in [6.45, 7) is 5.58. The summed E-state index contributed by atoms with van der Waals surface area (Å²) in [5.74, 6) is 0.145. The zero-order valence-electron chi connectivity index (χ0n) is 15.9. The van der Waals surface area contributed by atoms with E-state index < -0.39 is 0 Å². The second-order valence-electron chi connectivity index (χ2n) is 6.65. The van der Waals surface area contributed by atoms with Crippen LogP contribution in [0.2, 0.25) is 0 Å². The maximum absolute atomic E-state index is 12.5. The lowest BCUT2D eigenvalue weighted by Gasteiger charge is -2.22. The molecule has 2 rings (SSSR count). The summed E-state index contributed by atoms with van der Waals surface area (Å²) in [4.78, 5) is 28.4. The van der Waals surface area contributed by atoms with Gasteiger partial charge in [0.15, 0.2) is 0 Å². The third-order valence-corrected chi connectivity index (χ3v) is 4.61. The lowest BCUT2D eigenvalue weighted by Crippen LogP contribution is -2.39. The number of aryl methyl sites for hydroxylation is 2. The van der Waals surface area contributed by atoms with Gasteiger partial charge in [-0.15, -0.1) is 0 Å². The molecular weight excluding hydrogens is 332 g/mol. The maximum Gasteiger partial charge on any atom is 0.248 e. The molecule has 0 aromatic heterocycles. The highest BCUT2D eigenvalue weighted by Crippen LogP contribution is 2.10. The normalized spacial score (nSPS) is 15.0. The molecule has 1 heterocycles. The van der Waals surface area contributed by atoms with Crippen molar-refractivity contribution in [3.8, 4) is 0 Å². The SMILES string of the molecule is COCCOCC(=O)N1CCCN(C(=O)CCc2ccc(C)cc2)CC1. The van der Waals surface area contributed by atoms with Crippen molar-refractivity contribution in [1.82, 2.24) is 9.80 Å². The Labute approximate surface area is 156 Å². The van der Waals surface area contributed by atoms with Crippen LogP contribution in [0.1, 0.15) is 24.0 Å². The zero-order valence-corrected chi connectivity index (χ0v) is 15.9. The summed E-state index contributed by atoms with van der Waals surface area (Å²) < 4.78 is 10.2. The Morgan fingerprint density at radius 1 is 0.962 bits per heavy atom. The summed E-state index contributed by atoms with van der Waals surface area (Å²) in [5, 5.41) is 0. The molecule has 6 nitrogen and oxygen atoms in total. The molecule has 1 saturated heterocycles. The Morgan fingerprint density at radius 2 is 1.62 bits per heavy atom. The van der Waals surface area contributed by atoms with Gasteiger partial charge in [0, 0.05) is 39.7 Å². The lowest BCUT2D eigenvalue weighted by atomic mass is 10.1. The van der Waals surface area contributed by atoms with Crippen molar-refractivity contribution in [2.75, 3.05) is 53.1 Å². The minimum atomic E-state index is -0.0185. The molecule has 0 spiro atoms.